The van der Waals surface area contributed by atoms with Gasteiger partial charge in [0, 0.05) is 22.0 Å². The zero-order valence-corrected chi connectivity index (χ0v) is 14.9. The Kier molecular flexibility index (Phi) is 5.60. The van der Waals surface area contributed by atoms with E-state index in [4.69, 9.17) is 0 Å². The minimum Gasteiger partial charge on any atom is -0.201 e. The summed E-state index contributed by atoms with van der Waals surface area (Å²) in [6.07, 6.45) is 0.927. The quantitative estimate of drug-likeness (QED) is 0.466. The number of rotatable bonds is 7. The van der Waals surface area contributed by atoms with E-state index >= 15 is 0 Å². The molecule has 0 amide bonds. The molecule has 1 aromatic rings. The van der Waals surface area contributed by atoms with Gasteiger partial charge in [0.15, 0.2) is 0 Å². The van der Waals surface area contributed by atoms with Crippen LogP contribution in [-0.2, 0) is 11.8 Å². The predicted octanol–water partition coefficient (Wildman–Crippen LogP) is 7.13. The summed E-state index contributed by atoms with van der Waals surface area (Å²) in [6.45, 7) is 9.66. The Balaban J connectivity index is 3.24. The molecule has 0 radical (unpaired) electrons. The minimum atomic E-state index is -3.06. The molecule has 4 heteroatoms. The van der Waals surface area contributed by atoms with Crippen LogP contribution in [0.5, 0.6) is 0 Å². The van der Waals surface area contributed by atoms with Crippen molar-refractivity contribution < 1.29 is 17.6 Å². The van der Waals surface area contributed by atoms with Gasteiger partial charge >= 0.3 is 0 Å². The van der Waals surface area contributed by atoms with Gasteiger partial charge in [0.25, 0.3) is 11.8 Å². The maximum atomic E-state index is 14.7. The summed E-state index contributed by atoms with van der Waals surface area (Å²) < 4.78 is 58.6. The van der Waals surface area contributed by atoms with Crippen molar-refractivity contribution in [3.8, 4) is 0 Å². The monoisotopic (exact) mass is 332 g/mol. The number of hydrogen-bond acceptors (Lipinski definition) is 0. The molecule has 0 aliphatic heterocycles. The molecule has 0 aliphatic rings. The topological polar surface area (TPSA) is 0 Å². The maximum Gasteiger partial charge on any atom is 0.278 e. The van der Waals surface area contributed by atoms with Crippen LogP contribution in [0.4, 0.5) is 17.6 Å². The molecule has 23 heavy (non-hydrogen) atoms. The summed E-state index contributed by atoms with van der Waals surface area (Å²) in [4.78, 5) is 0. The molecule has 0 saturated heterocycles. The summed E-state index contributed by atoms with van der Waals surface area (Å²) in [5.41, 5.74) is -2.81. The number of hydrogen-bond donors (Lipinski definition) is 0. The number of benzene rings is 1. The lowest BCUT2D eigenvalue weighted by Gasteiger charge is -2.37. The first-order valence-electron chi connectivity index (χ1n) is 8.26. The molecule has 0 aromatic heterocycles. The van der Waals surface area contributed by atoms with E-state index in [1.807, 2.05) is 0 Å². The molecule has 0 nitrogen and oxygen atoms in total. The van der Waals surface area contributed by atoms with E-state index in [0.717, 1.165) is 24.3 Å². The molecule has 0 heterocycles. The molecular weight excluding hydrogens is 304 g/mol. The SMILES string of the molecule is CCC(C)(C)C(F)(F)c1ccc(C(F)(F)C(C)(CC)CC)cc1. The normalized spacial score (nSPS) is 14.2. The second-order valence-corrected chi connectivity index (χ2v) is 7.23. The Morgan fingerprint density at radius 3 is 1.30 bits per heavy atom. The van der Waals surface area contributed by atoms with Crippen LogP contribution in [0.2, 0.25) is 0 Å². The Bertz CT molecular complexity index is 511. The van der Waals surface area contributed by atoms with Crippen LogP contribution in [0.3, 0.4) is 0 Å². The fraction of sp³-hybridized carbons (Fsp3) is 0.684. The molecule has 0 bridgehead atoms. The van der Waals surface area contributed by atoms with Crippen LogP contribution in [0.25, 0.3) is 0 Å². The van der Waals surface area contributed by atoms with Crippen molar-refractivity contribution in [1.82, 2.24) is 0 Å². The summed E-state index contributed by atoms with van der Waals surface area (Å²) in [5.74, 6) is -6.11. The molecule has 0 atom stereocenters. The highest BCUT2D eigenvalue weighted by Gasteiger charge is 2.50. The van der Waals surface area contributed by atoms with Gasteiger partial charge in [0.05, 0.1) is 0 Å². The first-order chi connectivity index (χ1) is 10.4. The van der Waals surface area contributed by atoms with Gasteiger partial charge in [-0.3, -0.25) is 0 Å². The van der Waals surface area contributed by atoms with Gasteiger partial charge in [-0.2, -0.15) is 0 Å². The third-order valence-corrected chi connectivity index (χ3v) is 5.66. The van der Waals surface area contributed by atoms with Crippen molar-refractivity contribution in [2.75, 3.05) is 0 Å². The molecular formula is C19H28F4. The van der Waals surface area contributed by atoms with E-state index < -0.39 is 22.7 Å². The lowest BCUT2D eigenvalue weighted by molar-refractivity contribution is -0.127. The first-order valence-corrected chi connectivity index (χ1v) is 8.26. The van der Waals surface area contributed by atoms with E-state index in [0.29, 0.717) is 19.3 Å². The molecule has 0 aliphatic carbocycles. The van der Waals surface area contributed by atoms with Gasteiger partial charge in [-0.05, 0) is 19.3 Å². The second-order valence-electron chi connectivity index (χ2n) is 7.23. The zero-order valence-electron chi connectivity index (χ0n) is 14.9. The molecule has 0 N–H and O–H groups in total. The fourth-order valence-corrected chi connectivity index (χ4v) is 2.54. The maximum absolute atomic E-state index is 14.7. The van der Waals surface area contributed by atoms with Gasteiger partial charge in [0.2, 0.25) is 0 Å². The molecule has 0 unspecified atom stereocenters. The van der Waals surface area contributed by atoms with Crippen LogP contribution in [-0.4, -0.2) is 0 Å². The van der Waals surface area contributed by atoms with E-state index in [9.17, 15) is 17.6 Å². The number of alkyl halides is 4. The van der Waals surface area contributed by atoms with Crippen LogP contribution in [0.1, 0.15) is 71.9 Å². The van der Waals surface area contributed by atoms with Gasteiger partial charge in [-0.25, -0.2) is 17.6 Å². The summed E-state index contributed by atoms with van der Waals surface area (Å²) in [5, 5.41) is 0. The summed E-state index contributed by atoms with van der Waals surface area (Å²) in [6, 6.07) is 4.59. The van der Waals surface area contributed by atoms with Crippen molar-refractivity contribution in [1.29, 1.82) is 0 Å². The molecule has 1 aromatic carbocycles. The van der Waals surface area contributed by atoms with Crippen LogP contribution in [0.15, 0.2) is 24.3 Å². The van der Waals surface area contributed by atoms with Gasteiger partial charge in [0.1, 0.15) is 0 Å². The largest absolute Gasteiger partial charge is 0.278 e. The zero-order chi connectivity index (χ0) is 18.1. The molecule has 0 spiro atoms. The fourth-order valence-electron chi connectivity index (χ4n) is 2.54. The Morgan fingerprint density at radius 1 is 0.652 bits per heavy atom. The van der Waals surface area contributed by atoms with Crippen LogP contribution in [0, 0.1) is 10.8 Å². The highest BCUT2D eigenvalue weighted by molar-refractivity contribution is 5.30. The molecule has 0 saturated carbocycles. The van der Waals surface area contributed by atoms with E-state index in [1.165, 1.54) is 20.8 Å². The highest BCUT2D eigenvalue weighted by atomic mass is 19.3. The Morgan fingerprint density at radius 2 is 1.00 bits per heavy atom. The predicted molar refractivity (Wildman–Crippen MR) is 87.0 cm³/mol. The highest BCUT2D eigenvalue weighted by Crippen LogP contribution is 2.51. The molecule has 1 rings (SSSR count). The minimum absolute atomic E-state index is 0.197. The van der Waals surface area contributed by atoms with Gasteiger partial charge in [-0.1, -0.05) is 65.8 Å². The standard InChI is InChI=1S/C19H28F4/c1-7-16(4,5)18(20,21)14-10-12-15(13-11-14)19(22,23)17(6,8-2)9-3/h10-13H,7-9H2,1-6H3. The van der Waals surface area contributed by atoms with Crippen molar-refractivity contribution in [3.63, 3.8) is 0 Å². The van der Waals surface area contributed by atoms with Gasteiger partial charge < -0.3 is 0 Å². The summed E-state index contributed by atoms with van der Waals surface area (Å²) in [7, 11) is 0. The van der Waals surface area contributed by atoms with Crippen molar-refractivity contribution in [2.24, 2.45) is 10.8 Å². The third-order valence-electron chi connectivity index (χ3n) is 5.66. The van der Waals surface area contributed by atoms with E-state index in [1.54, 1.807) is 20.8 Å². The van der Waals surface area contributed by atoms with E-state index in [2.05, 4.69) is 0 Å². The third kappa shape index (κ3) is 3.27. The first kappa shape index (κ1) is 20.0. The molecule has 132 valence electrons. The average Bonchev–Trinajstić information content (AvgIpc) is 2.53. The van der Waals surface area contributed by atoms with Crippen molar-refractivity contribution >= 4 is 0 Å². The Hall–Kier alpha value is -1.06. The smallest absolute Gasteiger partial charge is 0.201 e. The Labute approximate surface area is 137 Å². The van der Waals surface area contributed by atoms with Crippen molar-refractivity contribution in [3.05, 3.63) is 35.4 Å². The van der Waals surface area contributed by atoms with Crippen LogP contribution < -0.4 is 0 Å². The second kappa shape index (κ2) is 6.45. The lowest BCUT2D eigenvalue weighted by Crippen LogP contribution is -2.36. The lowest BCUT2D eigenvalue weighted by atomic mass is 9.74. The molecule has 0 fully saturated rings. The van der Waals surface area contributed by atoms with E-state index in [-0.39, 0.29) is 11.1 Å². The average molecular weight is 332 g/mol. The number of halogens is 4. The van der Waals surface area contributed by atoms with Crippen LogP contribution >= 0.6 is 0 Å². The summed E-state index contributed by atoms with van der Waals surface area (Å²) >= 11 is 0. The van der Waals surface area contributed by atoms with Gasteiger partial charge in [-0.15, -0.1) is 0 Å². The van der Waals surface area contributed by atoms with Crippen molar-refractivity contribution in [2.45, 2.75) is 72.6 Å².